The van der Waals surface area contributed by atoms with Crippen LogP contribution in [0.25, 0.3) is 0 Å². The number of allylic oxidation sites excluding steroid dienone is 1. The predicted octanol–water partition coefficient (Wildman–Crippen LogP) is 3.24. The molecule has 0 nitrogen and oxygen atoms in total. The van der Waals surface area contributed by atoms with E-state index in [0.29, 0.717) is 0 Å². The van der Waals surface area contributed by atoms with Gasteiger partial charge in [-0.15, -0.1) is 0 Å². The molecule has 0 heterocycles. The normalized spacial score (nSPS) is 54.9. The second-order valence-corrected chi connectivity index (χ2v) is 5.25. The molecule has 0 saturated heterocycles. The Morgan fingerprint density at radius 2 is 1.92 bits per heavy atom. The molecule has 4 aliphatic rings. The van der Waals surface area contributed by atoms with Gasteiger partial charge in [-0.25, -0.2) is 0 Å². The highest BCUT2D eigenvalue weighted by Gasteiger charge is 2.56. The van der Waals surface area contributed by atoms with Crippen molar-refractivity contribution in [2.45, 2.75) is 32.6 Å². The number of rotatable bonds is 1. The van der Waals surface area contributed by atoms with E-state index in [2.05, 4.69) is 13.5 Å². The molecule has 0 aliphatic heterocycles. The molecule has 0 aromatic carbocycles. The van der Waals surface area contributed by atoms with Crippen LogP contribution >= 0.6 is 0 Å². The molecule has 4 rings (SSSR count). The van der Waals surface area contributed by atoms with Gasteiger partial charge in [-0.05, 0) is 62.2 Å². The molecular formula is C12H18. The van der Waals surface area contributed by atoms with Crippen LogP contribution in [0.2, 0.25) is 0 Å². The summed E-state index contributed by atoms with van der Waals surface area (Å²) in [6, 6.07) is 0. The summed E-state index contributed by atoms with van der Waals surface area (Å²) >= 11 is 0. The Balaban J connectivity index is 1.87. The van der Waals surface area contributed by atoms with E-state index < -0.39 is 0 Å². The number of hydrogen-bond donors (Lipinski definition) is 0. The summed E-state index contributed by atoms with van der Waals surface area (Å²) in [7, 11) is 0. The van der Waals surface area contributed by atoms with Gasteiger partial charge in [0.25, 0.3) is 0 Å². The van der Waals surface area contributed by atoms with Crippen LogP contribution in [-0.2, 0) is 0 Å². The van der Waals surface area contributed by atoms with Crippen LogP contribution in [0.1, 0.15) is 32.6 Å². The zero-order valence-electron chi connectivity index (χ0n) is 7.92. The van der Waals surface area contributed by atoms with Gasteiger partial charge in [-0.2, -0.15) is 0 Å². The van der Waals surface area contributed by atoms with Gasteiger partial charge < -0.3 is 0 Å². The molecule has 5 atom stereocenters. The molecule has 2 bridgehead atoms. The van der Waals surface area contributed by atoms with E-state index in [0.717, 1.165) is 23.7 Å². The number of hydrogen-bond acceptors (Lipinski definition) is 0. The molecule has 66 valence electrons. The minimum absolute atomic E-state index is 0.910. The van der Waals surface area contributed by atoms with E-state index in [4.69, 9.17) is 0 Å². The summed E-state index contributed by atoms with van der Waals surface area (Å²) in [5.74, 6) is 5.37. The lowest BCUT2D eigenvalue weighted by Crippen LogP contribution is -2.33. The van der Waals surface area contributed by atoms with Gasteiger partial charge in [-0.1, -0.05) is 12.2 Å². The van der Waals surface area contributed by atoms with E-state index in [1.54, 1.807) is 6.42 Å². The third-order valence-electron chi connectivity index (χ3n) is 4.62. The first-order chi connectivity index (χ1) is 5.77. The van der Waals surface area contributed by atoms with Crippen LogP contribution < -0.4 is 0 Å². The quantitative estimate of drug-likeness (QED) is 0.519. The van der Waals surface area contributed by atoms with Crippen molar-refractivity contribution < 1.29 is 0 Å². The Bertz CT molecular complexity index is 228. The summed E-state index contributed by atoms with van der Waals surface area (Å²) in [6.45, 7) is 6.39. The summed E-state index contributed by atoms with van der Waals surface area (Å²) in [6.07, 6.45) is 6.11. The topological polar surface area (TPSA) is 0 Å². The average molecular weight is 162 g/mol. The molecule has 0 amide bonds. The minimum Gasteiger partial charge on any atom is -0.0999 e. The lowest BCUT2D eigenvalue weighted by atomic mass is 9.63. The Morgan fingerprint density at radius 3 is 2.58 bits per heavy atom. The van der Waals surface area contributed by atoms with Crippen LogP contribution in [-0.4, -0.2) is 0 Å². The Kier molecular flexibility index (Phi) is 1.29. The van der Waals surface area contributed by atoms with Crippen molar-refractivity contribution in [3.8, 4) is 0 Å². The van der Waals surface area contributed by atoms with Crippen LogP contribution in [0, 0.1) is 29.6 Å². The SMILES string of the molecule is C=C(C)C1CC2CCC1C1CC21. The van der Waals surface area contributed by atoms with E-state index >= 15 is 0 Å². The van der Waals surface area contributed by atoms with Gasteiger partial charge in [-0.3, -0.25) is 0 Å². The first-order valence-corrected chi connectivity index (χ1v) is 5.43. The lowest BCUT2D eigenvalue weighted by molar-refractivity contribution is 0.108. The molecule has 0 N–H and O–H groups in total. The van der Waals surface area contributed by atoms with Crippen molar-refractivity contribution in [3.63, 3.8) is 0 Å². The van der Waals surface area contributed by atoms with Crippen LogP contribution in [0.4, 0.5) is 0 Å². The smallest absolute Gasteiger partial charge is 0.0175 e. The van der Waals surface area contributed by atoms with Gasteiger partial charge in [0.2, 0.25) is 0 Å². The summed E-state index contributed by atoms with van der Waals surface area (Å²) in [5.41, 5.74) is 1.47. The molecule has 4 fully saturated rings. The Hall–Kier alpha value is -0.260. The minimum atomic E-state index is 0.910. The molecule has 0 aromatic rings. The van der Waals surface area contributed by atoms with Crippen molar-refractivity contribution in [2.75, 3.05) is 0 Å². The Morgan fingerprint density at radius 1 is 1.08 bits per heavy atom. The molecule has 0 aromatic heterocycles. The first-order valence-electron chi connectivity index (χ1n) is 5.43. The highest BCUT2D eigenvalue weighted by atomic mass is 14.6. The molecule has 0 spiro atoms. The summed E-state index contributed by atoms with van der Waals surface area (Å²) < 4.78 is 0. The summed E-state index contributed by atoms with van der Waals surface area (Å²) in [5, 5.41) is 0. The van der Waals surface area contributed by atoms with Gasteiger partial charge in [0.15, 0.2) is 0 Å². The molecular weight excluding hydrogens is 144 g/mol. The highest BCUT2D eigenvalue weighted by molar-refractivity contribution is 5.13. The maximum absolute atomic E-state index is 4.15. The van der Waals surface area contributed by atoms with Crippen LogP contribution in [0.5, 0.6) is 0 Å². The molecule has 0 heteroatoms. The monoisotopic (exact) mass is 162 g/mol. The van der Waals surface area contributed by atoms with E-state index in [1.807, 2.05) is 0 Å². The zero-order valence-corrected chi connectivity index (χ0v) is 7.92. The van der Waals surface area contributed by atoms with Gasteiger partial charge in [0.1, 0.15) is 0 Å². The maximum atomic E-state index is 4.15. The van der Waals surface area contributed by atoms with Gasteiger partial charge >= 0.3 is 0 Å². The van der Waals surface area contributed by atoms with Crippen LogP contribution in [0.15, 0.2) is 12.2 Å². The maximum Gasteiger partial charge on any atom is -0.0175 e. The second-order valence-electron chi connectivity index (χ2n) is 5.25. The largest absolute Gasteiger partial charge is 0.0999 e. The van der Waals surface area contributed by atoms with Crippen molar-refractivity contribution in [2.24, 2.45) is 29.6 Å². The Labute approximate surface area is 75.0 Å². The van der Waals surface area contributed by atoms with E-state index in [-0.39, 0.29) is 0 Å². The standard InChI is InChI=1S/C12H18/c1-7(2)10-5-8-3-4-9(10)12-6-11(8)12/h8-12H,1,3-6H2,2H3. The predicted molar refractivity (Wildman–Crippen MR) is 50.7 cm³/mol. The molecule has 0 radical (unpaired) electrons. The van der Waals surface area contributed by atoms with Crippen LogP contribution in [0.3, 0.4) is 0 Å². The summed E-state index contributed by atoms with van der Waals surface area (Å²) in [4.78, 5) is 0. The molecule has 4 saturated carbocycles. The highest BCUT2D eigenvalue weighted by Crippen LogP contribution is 2.65. The molecule has 4 aliphatic carbocycles. The van der Waals surface area contributed by atoms with Crippen molar-refractivity contribution in [1.29, 1.82) is 0 Å². The fourth-order valence-corrected chi connectivity index (χ4v) is 3.96. The van der Waals surface area contributed by atoms with E-state index in [1.165, 1.54) is 30.8 Å². The lowest BCUT2D eigenvalue weighted by Gasteiger charge is -2.42. The van der Waals surface area contributed by atoms with Crippen molar-refractivity contribution in [3.05, 3.63) is 12.2 Å². The fourth-order valence-electron chi connectivity index (χ4n) is 3.96. The second kappa shape index (κ2) is 2.16. The third kappa shape index (κ3) is 0.787. The first kappa shape index (κ1) is 7.17. The van der Waals surface area contributed by atoms with E-state index in [9.17, 15) is 0 Å². The zero-order chi connectivity index (χ0) is 8.29. The fraction of sp³-hybridized carbons (Fsp3) is 0.833. The average Bonchev–Trinajstić information content (AvgIpc) is 2.84. The number of fused-ring (bicyclic) bond motifs is 2. The third-order valence-corrected chi connectivity index (χ3v) is 4.62. The van der Waals surface area contributed by atoms with Gasteiger partial charge in [0.05, 0.1) is 0 Å². The molecule has 12 heavy (non-hydrogen) atoms. The van der Waals surface area contributed by atoms with Crippen molar-refractivity contribution in [1.82, 2.24) is 0 Å². The van der Waals surface area contributed by atoms with Gasteiger partial charge in [0, 0.05) is 0 Å². The van der Waals surface area contributed by atoms with Crippen molar-refractivity contribution >= 4 is 0 Å². The molecule has 5 unspecified atom stereocenters.